The molecule has 0 saturated heterocycles. The first-order valence-corrected chi connectivity index (χ1v) is 5.38. The minimum absolute atomic E-state index is 0.119. The Morgan fingerprint density at radius 2 is 2.33 bits per heavy atom. The third-order valence-electron chi connectivity index (χ3n) is 2.77. The summed E-state index contributed by atoms with van der Waals surface area (Å²) in [5.41, 5.74) is 4.34. The van der Waals surface area contributed by atoms with Crippen molar-refractivity contribution in [2.45, 2.75) is 13.3 Å². The fraction of sp³-hybridized carbons (Fsp3) is 0.167. The fourth-order valence-electron chi connectivity index (χ4n) is 1.91. The van der Waals surface area contributed by atoms with Crippen molar-refractivity contribution in [2.24, 2.45) is 0 Å². The molecule has 0 unspecified atom stereocenters. The normalized spacial score (nSPS) is 11.2. The molecule has 0 aliphatic rings. The van der Waals surface area contributed by atoms with Crippen molar-refractivity contribution < 1.29 is 18.8 Å². The molecule has 2 N–H and O–H groups in total. The van der Waals surface area contributed by atoms with E-state index in [4.69, 9.17) is 14.0 Å². The second kappa shape index (κ2) is 3.85. The van der Waals surface area contributed by atoms with E-state index in [2.05, 4.69) is 4.98 Å². The summed E-state index contributed by atoms with van der Waals surface area (Å²) in [7, 11) is 0. The van der Waals surface area contributed by atoms with Gasteiger partial charge in [-0.3, -0.25) is 10.0 Å². The highest BCUT2D eigenvalue weighted by atomic mass is 16.5. The summed E-state index contributed by atoms with van der Waals surface area (Å²) in [6.45, 7) is 1.94. The molecule has 0 saturated carbocycles. The number of amides is 1. The molecule has 3 rings (SSSR count). The van der Waals surface area contributed by atoms with Crippen molar-refractivity contribution >= 4 is 28.0 Å². The van der Waals surface area contributed by atoms with Gasteiger partial charge in [0.1, 0.15) is 6.42 Å². The fourth-order valence-corrected chi connectivity index (χ4v) is 1.91. The molecule has 1 aromatic carbocycles. The van der Waals surface area contributed by atoms with Gasteiger partial charge in [0, 0.05) is 5.39 Å². The van der Waals surface area contributed by atoms with Crippen molar-refractivity contribution in [3.63, 3.8) is 0 Å². The van der Waals surface area contributed by atoms with E-state index in [1.54, 1.807) is 12.3 Å². The molecule has 0 radical (unpaired) electrons. The highest BCUT2D eigenvalue weighted by Crippen LogP contribution is 2.28. The first-order valence-electron chi connectivity index (χ1n) is 5.38. The number of aryl methyl sites for hydroxylation is 1. The molecule has 92 valence electrons. The van der Waals surface area contributed by atoms with Gasteiger partial charge in [0.05, 0.1) is 6.26 Å². The van der Waals surface area contributed by atoms with Gasteiger partial charge in [-0.15, -0.1) is 0 Å². The summed E-state index contributed by atoms with van der Waals surface area (Å²) in [4.78, 5) is 15.3. The molecule has 18 heavy (non-hydrogen) atoms. The SMILES string of the molecule is Cc1coc2c1ccc1oc(CC(=O)NO)nc12. The topological polar surface area (TPSA) is 88.5 Å². The van der Waals surface area contributed by atoms with Crippen LogP contribution in [-0.4, -0.2) is 16.1 Å². The van der Waals surface area contributed by atoms with Crippen LogP contribution >= 0.6 is 0 Å². The molecule has 0 atom stereocenters. The van der Waals surface area contributed by atoms with Crippen molar-refractivity contribution in [3.8, 4) is 0 Å². The second-order valence-corrected chi connectivity index (χ2v) is 4.03. The molecule has 0 spiro atoms. The number of carbonyl (C=O) groups is 1. The summed E-state index contributed by atoms with van der Waals surface area (Å²) in [5, 5.41) is 9.43. The zero-order chi connectivity index (χ0) is 12.7. The highest BCUT2D eigenvalue weighted by Gasteiger charge is 2.14. The zero-order valence-electron chi connectivity index (χ0n) is 9.56. The van der Waals surface area contributed by atoms with Crippen molar-refractivity contribution in [2.75, 3.05) is 0 Å². The van der Waals surface area contributed by atoms with E-state index >= 15 is 0 Å². The molecule has 2 aromatic heterocycles. The second-order valence-electron chi connectivity index (χ2n) is 4.03. The number of furan rings is 1. The van der Waals surface area contributed by atoms with Crippen LogP contribution in [-0.2, 0) is 11.2 Å². The standard InChI is InChI=1S/C12H10N2O4/c1-6-5-17-12-7(6)2-3-8-11(12)13-10(18-8)4-9(15)14-16/h2-3,5,16H,4H2,1H3,(H,14,15). The highest BCUT2D eigenvalue weighted by molar-refractivity contribution is 6.01. The van der Waals surface area contributed by atoms with Crippen LogP contribution in [0.5, 0.6) is 0 Å². The van der Waals surface area contributed by atoms with E-state index < -0.39 is 5.91 Å². The number of hydroxylamine groups is 1. The maximum atomic E-state index is 11.0. The maximum absolute atomic E-state index is 11.0. The Morgan fingerprint density at radius 3 is 3.11 bits per heavy atom. The van der Waals surface area contributed by atoms with Gasteiger partial charge in [0.2, 0.25) is 5.89 Å². The van der Waals surface area contributed by atoms with Crippen molar-refractivity contribution in [1.29, 1.82) is 0 Å². The predicted octanol–water partition coefficient (Wildman–Crippen LogP) is 1.93. The first-order chi connectivity index (χ1) is 8.69. The lowest BCUT2D eigenvalue weighted by atomic mass is 10.2. The molecule has 0 aliphatic carbocycles. The number of carbonyl (C=O) groups excluding carboxylic acids is 1. The molecule has 2 heterocycles. The number of hydrogen-bond donors (Lipinski definition) is 2. The number of hydrogen-bond acceptors (Lipinski definition) is 5. The summed E-state index contributed by atoms with van der Waals surface area (Å²) < 4.78 is 10.8. The van der Waals surface area contributed by atoms with Crippen LogP contribution in [0.4, 0.5) is 0 Å². The Morgan fingerprint density at radius 1 is 1.50 bits per heavy atom. The lowest BCUT2D eigenvalue weighted by Crippen LogP contribution is -2.20. The van der Waals surface area contributed by atoms with Gasteiger partial charge in [-0.05, 0) is 24.6 Å². The summed E-state index contributed by atoms with van der Waals surface area (Å²) in [6, 6.07) is 3.67. The monoisotopic (exact) mass is 246 g/mol. The van der Waals surface area contributed by atoms with Gasteiger partial charge >= 0.3 is 0 Å². The number of oxazole rings is 1. The molecule has 6 heteroatoms. The molecule has 0 bridgehead atoms. The van der Waals surface area contributed by atoms with Crippen LogP contribution in [0.15, 0.2) is 27.2 Å². The molecule has 1 amide bonds. The number of aromatic nitrogens is 1. The molecule has 0 fully saturated rings. The Hall–Kier alpha value is -2.34. The van der Waals surface area contributed by atoms with Gasteiger partial charge in [0.25, 0.3) is 5.91 Å². The van der Waals surface area contributed by atoms with Crippen LogP contribution in [0.25, 0.3) is 22.1 Å². The summed E-state index contributed by atoms with van der Waals surface area (Å²) in [6.07, 6.45) is 1.53. The zero-order valence-corrected chi connectivity index (χ0v) is 9.56. The third-order valence-corrected chi connectivity index (χ3v) is 2.77. The van der Waals surface area contributed by atoms with Crippen LogP contribution in [0.1, 0.15) is 11.5 Å². The van der Waals surface area contributed by atoms with Crippen molar-refractivity contribution in [3.05, 3.63) is 29.9 Å². The van der Waals surface area contributed by atoms with Crippen LogP contribution in [0.2, 0.25) is 0 Å². The van der Waals surface area contributed by atoms with E-state index in [9.17, 15) is 4.79 Å². The molecular weight excluding hydrogens is 236 g/mol. The number of nitrogens with zero attached hydrogens (tertiary/aromatic N) is 1. The summed E-state index contributed by atoms with van der Waals surface area (Å²) in [5.74, 6) is -0.341. The molecule has 6 nitrogen and oxygen atoms in total. The van der Waals surface area contributed by atoms with E-state index in [0.29, 0.717) is 16.7 Å². The van der Waals surface area contributed by atoms with Crippen LogP contribution in [0.3, 0.4) is 0 Å². The van der Waals surface area contributed by atoms with Gasteiger partial charge < -0.3 is 8.83 Å². The first kappa shape index (κ1) is 10.8. The van der Waals surface area contributed by atoms with Crippen LogP contribution < -0.4 is 5.48 Å². The van der Waals surface area contributed by atoms with Gasteiger partial charge in [-0.1, -0.05) is 0 Å². The Bertz CT molecular complexity index is 741. The van der Waals surface area contributed by atoms with Gasteiger partial charge in [-0.2, -0.15) is 0 Å². The number of rotatable bonds is 2. The van der Waals surface area contributed by atoms with Crippen molar-refractivity contribution in [1.82, 2.24) is 10.5 Å². The molecule has 3 aromatic rings. The van der Waals surface area contributed by atoms with Gasteiger partial charge in [-0.25, -0.2) is 10.5 Å². The third kappa shape index (κ3) is 1.54. The average molecular weight is 246 g/mol. The number of benzene rings is 1. The maximum Gasteiger partial charge on any atom is 0.252 e. The molecular formula is C12H10N2O4. The van der Waals surface area contributed by atoms with E-state index in [1.165, 1.54) is 5.48 Å². The lowest BCUT2D eigenvalue weighted by Gasteiger charge is -1.91. The number of fused-ring (bicyclic) bond motifs is 3. The van der Waals surface area contributed by atoms with Crippen LogP contribution in [0, 0.1) is 6.92 Å². The Kier molecular flexibility index (Phi) is 2.31. The molecule has 0 aliphatic heterocycles. The number of nitrogens with one attached hydrogen (secondary N) is 1. The lowest BCUT2D eigenvalue weighted by molar-refractivity contribution is -0.128. The van der Waals surface area contributed by atoms with Gasteiger partial charge in [0.15, 0.2) is 16.7 Å². The Labute approximate surface area is 101 Å². The Balaban J connectivity index is 2.16. The largest absolute Gasteiger partial charge is 0.462 e. The average Bonchev–Trinajstić information content (AvgIpc) is 2.92. The summed E-state index contributed by atoms with van der Waals surface area (Å²) >= 11 is 0. The smallest absolute Gasteiger partial charge is 0.252 e. The van der Waals surface area contributed by atoms with E-state index in [1.807, 2.05) is 13.0 Å². The quantitative estimate of drug-likeness (QED) is 0.532. The minimum Gasteiger partial charge on any atom is -0.462 e. The van der Waals surface area contributed by atoms with E-state index in [-0.39, 0.29) is 12.3 Å². The van der Waals surface area contributed by atoms with E-state index in [0.717, 1.165) is 10.9 Å². The predicted molar refractivity (Wildman–Crippen MR) is 62.2 cm³/mol. The minimum atomic E-state index is -0.576.